The summed E-state index contributed by atoms with van der Waals surface area (Å²) in [7, 11) is 0. The van der Waals surface area contributed by atoms with E-state index in [4.69, 9.17) is 12.6 Å². The Bertz CT molecular complexity index is 861. The zero-order valence-corrected chi connectivity index (χ0v) is 30.1. The first-order valence-corrected chi connectivity index (χ1v) is 14.8. The Morgan fingerprint density at radius 2 is 0.811 bits per heavy atom. The molecule has 0 aliphatic carbocycles. The molecule has 0 saturated carbocycles. The zero-order chi connectivity index (χ0) is 26.3. The van der Waals surface area contributed by atoms with Crippen molar-refractivity contribution in [2.75, 3.05) is 5.75 Å². The maximum Gasteiger partial charge on any atom is 2.00 e. The van der Waals surface area contributed by atoms with Crippen molar-refractivity contribution in [3.05, 3.63) is 57.6 Å². The van der Waals surface area contributed by atoms with Gasteiger partial charge < -0.3 is 37.4 Å². The van der Waals surface area contributed by atoms with Gasteiger partial charge in [0, 0.05) is 4.90 Å². The van der Waals surface area contributed by atoms with Gasteiger partial charge in [0.25, 0.3) is 0 Å². The van der Waals surface area contributed by atoms with Gasteiger partial charge in [0.05, 0.1) is 0 Å². The van der Waals surface area contributed by atoms with Gasteiger partial charge in [0.15, 0.2) is 0 Å². The molecule has 0 aliphatic heterocycles. The molecule has 0 bridgehead atoms. The largest absolute Gasteiger partial charge is 2.00 e. The van der Waals surface area contributed by atoms with E-state index in [1.807, 2.05) is 11.8 Å². The van der Waals surface area contributed by atoms with Crippen LogP contribution in [0.1, 0.15) is 159 Å². The first-order valence-electron chi connectivity index (χ1n) is 13.4. The summed E-state index contributed by atoms with van der Waals surface area (Å²) in [5.41, 5.74) is 8.66. The molecular formula is C32H51Cl2PdS2-. The van der Waals surface area contributed by atoms with E-state index in [-0.39, 0.29) is 45.2 Å². The van der Waals surface area contributed by atoms with Crippen molar-refractivity contribution < 1.29 is 45.2 Å². The van der Waals surface area contributed by atoms with E-state index >= 15 is 0 Å². The summed E-state index contributed by atoms with van der Waals surface area (Å²) in [4.78, 5) is 2.61. The molecule has 0 fully saturated rings. The second kappa shape index (κ2) is 19.3. The minimum atomic E-state index is 0. The molecule has 0 heterocycles. The summed E-state index contributed by atoms with van der Waals surface area (Å²) < 4.78 is 0. The fourth-order valence-electron chi connectivity index (χ4n) is 4.09. The zero-order valence-electron chi connectivity index (χ0n) is 25.4. The van der Waals surface area contributed by atoms with Crippen LogP contribution in [0.25, 0.3) is 0 Å². The van der Waals surface area contributed by atoms with Gasteiger partial charge in [-0.15, -0.1) is 11.8 Å². The van der Waals surface area contributed by atoms with Crippen LogP contribution >= 0.6 is 11.8 Å². The molecule has 0 saturated heterocycles. The number of halogens is 2. The van der Waals surface area contributed by atoms with Crippen LogP contribution in [0.2, 0.25) is 0 Å². The SMILES string of the molecule is CC(C)c1cc(C(C)C)c([S-])c(C(C)C)c1.CCSc1c(C(C)C)cc(C(C)C)cc1C(C)C.[Cl-].[Cl-].[Pd+2]. The minimum Gasteiger partial charge on any atom is -1.00 e. The van der Waals surface area contributed by atoms with Crippen LogP contribution in [-0.2, 0) is 33.1 Å². The molecule has 0 radical (unpaired) electrons. The molecule has 2 aromatic carbocycles. The molecule has 37 heavy (non-hydrogen) atoms. The second-order valence-corrected chi connectivity index (χ2v) is 13.1. The Balaban J connectivity index is -0.000000581. The maximum atomic E-state index is 5.59. The van der Waals surface area contributed by atoms with Gasteiger partial charge in [-0.2, -0.15) is 4.90 Å². The van der Waals surface area contributed by atoms with Crippen LogP contribution in [0, 0.1) is 0 Å². The maximum absolute atomic E-state index is 5.59. The summed E-state index contributed by atoms with van der Waals surface area (Å²) in [5, 5.41) is 0. The van der Waals surface area contributed by atoms with Crippen molar-refractivity contribution in [1.82, 2.24) is 0 Å². The van der Waals surface area contributed by atoms with E-state index in [0.717, 1.165) is 10.6 Å². The summed E-state index contributed by atoms with van der Waals surface area (Å²) in [6, 6.07) is 9.45. The minimum absolute atomic E-state index is 0. The molecule has 0 N–H and O–H groups in total. The third-order valence-corrected chi connectivity index (χ3v) is 7.97. The standard InChI is InChI=1S/C17H28S.C15H24S.2ClH.Pd/c1-8-18-17-15(12(4)5)9-14(11(2)3)10-16(17)13(6)7;1-9(2)12-7-13(10(3)4)15(16)14(8-12)11(5)6;;;/h9-13H,8H2,1-7H3;7-11,16H,1-6H3;2*1H;/q;;;;+2/p-3. The summed E-state index contributed by atoms with van der Waals surface area (Å²) in [5.74, 6) is 4.59. The molecule has 0 nitrogen and oxygen atoms in total. The van der Waals surface area contributed by atoms with Crippen LogP contribution in [0.15, 0.2) is 34.1 Å². The van der Waals surface area contributed by atoms with Gasteiger partial charge in [-0.3, -0.25) is 0 Å². The molecule has 0 aromatic heterocycles. The van der Waals surface area contributed by atoms with E-state index in [2.05, 4.69) is 114 Å². The van der Waals surface area contributed by atoms with Crippen LogP contribution in [0.3, 0.4) is 0 Å². The van der Waals surface area contributed by atoms with Crippen molar-refractivity contribution in [2.24, 2.45) is 0 Å². The average Bonchev–Trinajstić information content (AvgIpc) is 2.73. The quantitative estimate of drug-likeness (QED) is 0.216. The van der Waals surface area contributed by atoms with Crippen molar-refractivity contribution >= 4 is 24.4 Å². The Morgan fingerprint density at radius 3 is 1.03 bits per heavy atom. The van der Waals surface area contributed by atoms with Gasteiger partial charge in [-0.25, -0.2) is 0 Å². The van der Waals surface area contributed by atoms with E-state index in [9.17, 15) is 0 Å². The van der Waals surface area contributed by atoms with Crippen molar-refractivity contribution in [3.63, 3.8) is 0 Å². The summed E-state index contributed by atoms with van der Waals surface area (Å²) in [6.07, 6.45) is 0. The predicted octanol–water partition coefficient (Wildman–Crippen LogP) is 5.14. The molecule has 0 aliphatic rings. The Labute approximate surface area is 266 Å². The second-order valence-electron chi connectivity index (χ2n) is 11.4. The molecule has 0 atom stereocenters. The Hall–Kier alpha value is 0.252. The van der Waals surface area contributed by atoms with Gasteiger partial charge in [-0.1, -0.05) is 125 Å². The monoisotopic (exact) mass is 675 g/mol. The van der Waals surface area contributed by atoms with Gasteiger partial charge in [-0.05, 0) is 63.5 Å². The van der Waals surface area contributed by atoms with Gasteiger partial charge in [0.2, 0.25) is 0 Å². The Morgan fingerprint density at radius 1 is 0.541 bits per heavy atom. The molecule has 0 amide bonds. The molecule has 0 unspecified atom stereocenters. The van der Waals surface area contributed by atoms with E-state index in [1.54, 1.807) is 0 Å². The third kappa shape index (κ3) is 12.1. The van der Waals surface area contributed by atoms with Crippen LogP contribution in [0.4, 0.5) is 0 Å². The normalized spacial score (nSPS) is 10.9. The summed E-state index contributed by atoms with van der Waals surface area (Å²) >= 11 is 7.60. The van der Waals surface area contributed by atoms with Gasteiger partial charge in [0.1, 0.15) is 0 Å². The number of hydrogen-bond donors (Lipinski definition) is 0. The molecule has 2 rings (SSSR count). The smallest absolute Gasteiger partial charge is 1.00 e. The van der Waals surface area contributed by atoms with E-state index in [0.29, 0.717) is 35.5 Å². The topological polar surface area (TPSA) is 0 Å². The fraction of sp³-hybridized carbons (Fsp3) is 0.625. The van der Waals surface area contributed by atoms with Crippen LogP contribution in [0.5, 0.6) is 0 Å². The fourth-order valence-corrected chi connectivity index (χ4v) is 5.89. The van der Waals surface area contributed by atoms with Crippen molar-refractivity contribution in [2.45, 2.75) is 135 Å². The molecule has 216 valence electrons. The number of benzene rings is 2. The van der Waals surface area contributed by atoms with Crippen LogP contribution in [-0.4, -0.2) is 5.75 Å². The van der Waals surface area contributed by atoms with Gasteiger partial charge >= 0.3 is 20.4 Å². The summed E-state index contributed by atoms with van der Waals surface area (Å²) in [6.45, 7) is 29.4. The molecule has 0 spiro atoms. The van der Waals surface area contributed by atoms with E-state index in [1.165, 1.54) is 38.3 Å². The Kier molecular flexibility index (Phi) is 21.8. The first kappa shape index (κ1) is 41.7. The average molecular weight is 677 g/mol. The molecule has 5 heteroatoms. The first-order chi connectivity index (χ1) is 15.7. The predicted molar refractivity (Wildman–Crippen MR) is 159 cm³/mol. The number of thioether (sulfide) groups is 1. The molecule has 2 aromatic rings. The van der Waals surface area contributed by atoms with Crippen molar-refractivity contribution in [1.29, 1.82) is 0 Å². The molecular weight excluding hydrogens is 626 g/mol. The number of rotatable bonds is 8. The number of hydrogen-bond acceptors (Lipinski definition) is 2. The van der Waals surface area contributed by atoms with Crippen molar-refractivity contribution in [3.8, 4) is 0 Å². The van der Waals surface area contributed by atoms with E-state index < -0.39 is 0 Å². The van der Waals surface area contributed by atoms with Crippen LogP contribution < -0.4 is 24.8 Å². The third-order valence-electron chi connectivity index (χ3n) is 6.45.